The highest BCUT2D eigenvalue weighted by molar-refractivity contribution is 5.83. The van der Waals surface area contributed by atoms with Gasteiger partial charge in [0.1, 0.15) is 0 Å². The second-order valence-electron chi connectivity index (χ2n) is 5.65. The average Bonchev–Trinajstić information content (AvgIpc) is 2.29. The zero-order valence-corrected chi connectivity index (χ0v) is 13.0. The van der Waals surface area contributed by atoms with E-state index in [-0.39, 0.29) is 5.92 Å². The molecule has 0 unspecified atom stereocenters. The van der Waals surface area contributed by atoms with Crippen LogP contribution in [0.2, 0.25) is 0 Å². The molecule has 0 aromatic carbocycles. The van der Waals surface area contributed by atoms with Crippen molar-refractivity contribution >= 4 is 12.0 Å². The van der Waals surface area contributed by atoms with Crippen molar-refractivity contribution in [3.8, 4) is 0 Å². The van der Waals surface area contributed by atoms with E-state index in [0.717, 1.165) is 0 Å². The van der Waals surface area contributed by atoms with Crippen LogP contribution in [-0.4, -0.2) is 77.9 Å². The van der Waals surface area contributed by atoms with Gasteiger partial charge in [-0.15, -0.1) is 0 Å². The number of likely N-dealkylation sites (N-methyl/N-ethyl adjacent to an activating group) is 1. The van der Waals surface area contributed by atoms with Gasteiger partial charge in [-0.25, -0.2) is 9.59 Å². The van der Waals surface area contributed by atoms with Crippen molar-refractivity contribution in [3.05, 3.63) is 0 Å². The van der Waals surface area contributed by atoms with Gasteiger partial charge < -0.3 is 25.3 Å². The van der Waals surface area contributed by atoms with E-state index in [1.165, 1.54) is 6.92 Å². The molecule has 0 rings (SSSR count). The number of nitrogens with zero attached hydrogens (tertiary/aromatic N) is 2. The molecule has 0 bridgehead atoms. The number of carbonyl (C=O) groups is 2. The summed E-state index contributed by atoms with van der Waals surface area (Å²) in [5.74, 6) is -0.969. The summed E-state index contributed by atoms with van der Waals surface area (Å²) in [6, 6.07) is -1.76. The Morgan fingerprint density at radius 2 is 1.70 bits per heavy atom. The number of rotatable bonds is 8. The number of aliphatic hydroxyl groups is 1. The first kappa shape index (κ1) is 18.7. The maximum atomic E-state index is 12.1. The van der Waals surface area contributed by atoms with Crippen LogP contribution in [-0.2, 0) is 4.79 Å². The molecule has 2 amide bonds. The van der Waals surface area contributed by atoms with Crippen LogP contribution in [0.25, 0.3) is 0 Å². The van der Waals surface area contributed by atoms with Gasteiger partial charge in [-0.3, -0.25) is 0 Å². The second kappa shape index (κ2) is 8.76. The third kappa shape index (κ3) is 7.30. The van der Waals surface area contributed by atoms with E-state index in [9.17, 15) is 14.7 Å². The third-order valence-electron chi connectivity index (χ3n) is 2.72. The normalized spacial score (nSPS) is 14.2. The molecule has 0 heterocycles. The molecule has 0 aliphatic rings. The molecule has 0 saturated carbocycles. The maximum absolute atomic E-state index is 12.1. The van der Waals surface area contributed by atoms with Gasteiger partial charge in [-0.2, -0.15) is 0 Å². The molecule has 20 heavy (non-hydrogen) atoms. The molecule has 0 spiro atoms. The number of hydrogen-bond acceptors (Lipinski definition) is 4. The first-order chi connectivity index (χ1) is 9.15. The predicted octanol–water partition coefficient (Wildman–Crippen LogP) is 0.0496. The Hall–Kier alpha value is -1.34. The van der Waals surface area contributed by atoms with Crippen molar-refractivity contribution in [2.45, 2.75) is 32.9 Å². The summed E-state index contributed by atoms with van der Waals surface area (Å²) in [7, 11) is 3.81. The molecule has 7 heteroatoms. The van der Waals surface area contributed by atoms with E-state index in [4.69, 9.17) is 5.11 Å². The number of hydrogen-bond donors (Lipinski definition) is 3. The Kier molecular flexibility index (Phi) is 8.17. The molecule has 118 valence electrons. The van der Waals surface area contributed by atoms with Crippen molar-refractivity contribution in [3.63, 3.8) is 0 Å². The van der Waals surface area contributed by atoms with E-state index in [0.29, 0.717) is 19.6 Å². The molecule has 0 aromatic heterocycles. The average molecular weight is 289 g/mol. The van der Waals surface area contributed by atoms with Crippen LogP contribution in [0.3, 0.4) is 0 Å². The number of carbonyl (C=O) groups excluding carboxylic acids is 1. The number of urea groups is 1. The van der Waals surface area contributed by atoms with Crippen LogP contribution in [0, 0.1) is 5.92 Å². The van der Waals surface area contributed by atoms with Crippen molar-refractivity contribution in [2.24, 2.45) is 5.92 Å². The molecule has 0 fully saturated rings. The summed E-state index contributed by atoms with van der Waals surface area (Å²) in [6.07, 6.45) is -1.15. The minimum Gasteiger partial charge on any atom is -0.480 e. The zero-order valence-electron chi connectivity index (χ0n) is 13.0. The maximum Gasteiger partial charge on any atom is 0.328 e. The van der Waals surface area contributed by atoms with Crippen molar-refractivity contribution in [2.75, 3.05) is 33.7 Å². The molecule has 0 aliphatic heterocycles. The number of nitrogens with one attached hydrogen (secondary N) is 1. The third-order valence-corrected chi connectivity index (χ3v) is 2.72. The lowest BCUT2D eigenvalue weighted by Crippen LogP contribution is -2.53. The summed E-state index contributed by atoms with van der Waals surface area (Å²) in [5.41, 5.74) is 0. The van der Waals surface area contributed by atoms with Crippen molar-refractivity contribution in [1.82, 2.24) is 15.1 Å². The Balaban J connectivity index is 4.71. The predicted molar refractivity (Wildman–Crippen MR) is 76.6 cm³/mol. The SMILES string of the molecule is CC(C)CN(CCN(C)C)C(=O)N[C@H](C(=O)O)[C@@H](C)O. The van der Waals surface area contributed by atoms with Gasteiger partial charge in [-0.05, 0) is 26.9 Å². The molecule has 0 aliphatic carbocycles. The number of aliphatic carboxylic acids is 1. The highest BCUT2D eigenvalue weighted by Gasteiger charge is 2.27. The zero-order chi connectivity index (χ0) is 15.9. The van der Waals surface area contributed by atoms with E-state index >= 15 is 0 Å². The van der Waals surface area contributed by atoms with Crippen molar-refractivity contribution < 1.29 is 19.8 Å². The number of amides is 2. The molecular weight excluding hydrogens is 262 g/mol. The van der Waals surface area contributed by atoms with Crippen molar-refractivity contribution in [1.29, 1.82) is 0 Å². The van der Waals surface area contributed by atoms with Gasteiger partial charge in [0, 0.05) is 19.6 Å². The number of carboxylic acids is 1. The standard InChI is InChI=1S/C13H27N3O4/c1-9(2)8-16(7-6-15(4)5)13(20)14-11(10(3)17)12(18)19/h9-11,17H,6-8H2,1-5H3,(H,14,20)(H,18,19)/t10-,11+/m1/s1. The van der Waals surface area contributed by atoms with Gasteiger partial charge in [0.05, 0.1) is 6.10 Å². The quantitative estimate of drug-likeness (QED) is 0.587. The summed E-state index contributed by atoms with van der Waals surface area (Å²) in [6.45, 7) is 7.03. The fourth-order valence-electron chi connectivity index (χ4n) is 1.65. The fraction of sp³-hybridized carbons (Fsp3) is 0.846. The van der Waals surface area contributed by atoms with Gasteiger partial charge in [-0.1, -0.05) is 13.8 Å². The Labute approximate surface area is 120 Å². The summed E-state index contributed by atoms with van der Waals surface area (Å²) in [4.78, 5) is 26.6. The van der Waals surface area contributed by atoms with Gasteiger partial charge >= 0.3 is 12.0 Å². The van der Waals surface area contributed by atoms with Crippen LogP contribution >= 0.6 is 0 Å². The monoisotopic (exact) mass is 289 g/mol. The molecular formula is C13H27N3O4. The topological polar surface area (TPSA) is 93.1 Å². The highest BCUT2D eigenvalue weighted by Crippen LogP contribution is 2.02. The van der Waals surface area contributed by atoms with Gasteiger partial charge in [0.25, 0.3) is 0 Å². The van der Waals surface area contributed by atoms with E-state index in [1.807, 2.05) is 32.8 Å². The van der Waals surface area contributed by atoms with Crippen LogP contribution < -0.4 is 5.32 Å². The minimum atomic E-state index is -1.29. The fourth-order valence-corrected chi connectivity index (χ4v) is 1.65. The smallest absolute Gasteiger partial charge is 0.328 e. The van der Waals surface area contributed by atoms with Gasteiger partial charge in [0.15, 0.2) is 6.04 Å². The largest absolute Gasteiger partial charge is 0.480 e. The Morgan fingerprint density at radius 3 is 2.05 bits per heavy atom. The molecule has 0 saturated heterocycles. The summed E-state index contributed by atoms with van der Waals surface area (Å²) in [5, 5.41) is 20.7. The highest BCUT2D eigenvalue weighted by atomic mass is 16.4. The molecule has 2 atom stereocenters. The van der Waals surface area contributed by atoms with Gasteiger partial charge in [0.2, 0.25) is 0 Å². The molecule has 7 nitrogen and oxygen atoms in total. The summed E-state index contributed by atoms with van der Waals surface area (Å²) < 4.78 is 0. The molecule has 3 N–H and O–H groups in total. The second-order valence-corrected chi connectivity index (χ2v) is 5.65. The lowest BCUT2D eigenvalue weighted by molar-refractivity contribution is -0.141. The van der Waals surface area contributed by atoms with E-state index < -0.39 is 24.1 Å². The van der Waals surface area contributed by atoms with Crippen LogP contribution in [0.4, 0.5) is 4.79 Å². The first-order valence-corrected chi connectivity index (χ1v) is 6.76. The number of carboxylic acid groups (broad SMARTS) is 1. The van der Waals surface area contributed by atoms with E-state index in [1.54, 1.807) is 4.90 Å². The lowest BCUT2D eigenvalue weighted by atomic mass is 10.2. The van der Waals surface area contributed by atoms with Crippen LogP contribution in [0.5, 0.6) is 0 Å². The number of aliphatic hydroxyl groups excluding tert-OH is 1. The van der Waals surface area contributed by atoms with Crippen LogP contribution in [0.1, 0.15) is 20.8 Å². The van der Waals surface area contributed by atoms with Crippen LogP contribution in [0.15, 0.2) is 0 Å². The molecule has 0 radical (unpaired) electrons. The first-order valence-electron chi connectivity index (χ1n) is 6.76. The van der Waals surface area contributed by atoms with E-state index in [2.05, 4.69) is 5.32 Å². The lowest BCUT2D eigenvalue weighted by Gasteiger charge is -2.28. The Morgan fingerprint density at radius 1 is 1.15 bits per heavy atom. The Bertz CT molecular complexity index is 319. The minimum absolute atomic E-state index is 0.276. The molecule has 0 aromatic rings. The summed E-state index contributed by atoms with van der Waals surface area (Å²) >= 11 is 0.